The summed E-state index contributed by atoms with van der Waals surface area (Å²) in [4.78, 5) is 7.61. The first-order chi connectivity index (χ1) is 9.76. The van der Waals surface area contributed by atoms with Crippen molar-refractivity contribution >= 4 is 15.9 Å². The fourth-order valence-corrected chi connectivity index (χ4v) is 3.42. The molecule has 0 amide bonds. The largest absolute Gasteiger partial charge is 0.347 e. The van der Waals surface area contributed by atoms with Gasteiger partial charge in [-0.3, -0.25) is 0 Å². The lowest BCUT2D eigenvalue weighted by atomic mass is 9.88. The van der Waals surface area contributed by atoms with Crippen molar-refractivity contribution in [2.24, 2.45) is 0 Å². The summed E-state index contributed by atoms with van der Waals surface area (Å²) in [5.74, 6) is 1.05. The number of hydrogen-bond acceptors (Lipinski definition) is 2. The molecule has 0 saturated carbocycles. The summed E-state index contributed by atoms with van der Waals surface area (Å²) in [5, 5.41) is 3.76. The molecule has 3 nitrogen and oxygen atoms in total. The molecule has 106 valence electrons. The summed E-state index contributed by atoms with van der Waals surface area (Å²) in [6, 6.07) is 7.52. The molecule has 1 aliphatic rings. The normalized spacial score (nSPS) is 19.6. The topological polar surface area (TPSA) is 40.7 Å². The highest BCUT2D eigenvalue weighted by Crippen LogP contribution is 2.26. The lowest BCUT2D eigenvalue weighted by Gasteiger charge is -2.29. The van der Waals surface area contributed by atoms with Gasteiger partial charge in [0.25, 0.3) is 0 Å². The monoisotopic (exact) mass is 333 g/mol. The van der Waals surface area contributed by atoms with E-state index >= 15 is 0 Å². The third kappa shape index (κ3) is 2.96. The van der Waals surface area contributed by atoms with Gasteiger partial charge in [0.05, 0.1) is 6.04 Å². The van der Waals surface area contributed by atoms with Gasteiger partial charge in [0.15, 0.2) is 0 Å². The molecule has 0 fully saturated rings. The number of rotatable bonds is 4. The molecule has 2 unspecified atom stereocenters. The van der Waals surface area contributed by atoms with Crippen LogP contribution in [0.4, 0.5) is 0 Å². The van der Waals surface area contributed by atoms with Gasteiger partial charge in [0, 0.05) is 22.9 Å². The van der Waals surface area contributed by atoms with Crippen LogP contribution < -0.4 is 5.32 Å². The zero-order chi connectivity index (χ0) is 13.9. The van der Waals surface area contributed by atoms with E-state index in [4.69, 9.17) is 0 Å². The molecule has 0 saturated heterocycles. The van der Waals surface area contributed by atoms with Crippen molar-refractivity contribution in [1.29, 1.82) is 0 Å². The standard InChI is InChI=1S/C16H20BrN3/c1-2-15(16-18-7-8-19-16)20-14-6-4-11-9-13(17)5-3-12(11)10-14/h3,5,7-9,14-15,20H,2,4,6,10H2,1H3,(H,18,19). The lowest BCUT2D eigenvalue weighted by molar-refractivity contribution is 0.382. The minimum atomic E-state index is 0.326. The van der Waals surface area contributed by atoms with Crippen molar-refractivity contribution < 1.29 is 0 Å². The number of nitrogens with one attached hydrogen (secondary N) is 2. The number of imidazole rings is 1. The van der Waals surface area contributed by atoms with Crippen LogP contribution in [0.1, 0.15) is 42.8 Å². The van der Waals surface area contributed by atoms with Gasteiger partial charge >= 0.3 is 0 Å². The second-order valence-corrected chi connectivity index (χ2v) is 6.37. The highest BCUT2D eigenvalue weighted by molar-refractivity contribution is 9.10. The highest BCUT2D eigenvalue weighted by atomic mass is 79.9. The van der Waals surface area contributed by atoms with Gasteiger partial charge in [-0.2, -0.15) is 0 Å². The average molecular weight is 334 g/mol. The second kappa shape index (κ2) is 6.10. The number of aromatic amines is 1. The predicted octanol–water partition coefficient (Wildman–Crippen LogP) is 3.77. The molecule has 0 aliphatic heterocycles. The van der Waals surface area contributed by atoms with Gasteiger partial charge < -0.3 is 10.3 Å². The van der Waals surface area contributed by atoms with Crippen LogP contribution in [0, 0.1) is 0 Å². The van der Waals surface area contributed by atoms with E-state index in [-0.39, 0.29) is 0 Å². The molecule has 2 atom stereocenters. The number of H-pyrrole nitrogens is 1. The number of aryl methyl sites for hydroxylation is 1. The smallest absolute Gasteiger partial charge is 0.123 e. The van der Waals surface area contributed by atoms with E-state index in [1.165, 1.54) is 22.0 Å². The lowest BCUT2D eigenvalue weighted by Crippen LogP contribution is -2.37. The molecule has 1 aliphatic carbocycles. The molecule has 1 aromatic carbocycles. The van der Waals surface area contributed by atoms with Crippen LogP contribution in [0.5, 0.6) is 0 Å². The van der Waals surface area contributed by atoms with Crippen LogP contribution in [-0.4, -0.2) is 16.0 Å². The van der Waals surface area contributed by atoms with Crippen molar-refractivity contribution in [2.75, 3.05) is 0 Å². The van der Waals surface area contributed by atoms with Crippen LogP contribution in [0.15, 0.2) is 35.1 Å². The second-order valence-electron chi connectivity index (χ2n) is 5.45. The molecule has 1 heterocycles. The first kappa shape index (κ1) is 13.8. The number of benzene rings is 1. The number of hydrogen-bond donors (Lipinski definition) is 2. The van der Waals surface area contributed by atoms with Crippen molar-refractivity contribution in [2.45, 2.75) is 44.7 Å². The molecule has 0 spiro atoms. The first-order valence-electron chi connectivity index (χ1n) is 7.29. The van der Waals surface area contributed by atoms with Crippen molar-refractivity contribution in [3.8, 4) is 0 Å². The van der Waals surface area contributed by atoms with Crippen molar-refractivity contribution in [3.63, 3.8) is 0 Å². The average Bonchev–Trinajstić information content (AvgIpc) is 2.99. The quantitative estimate of drug-likeness (QED) is 0.894. The van der Waals surface area contributed by atoms with Crippen LogP contribution in [0.3, 0.4) is 0 Å². The van der Waals surface area contributed by atoms with Gasteiger partial charge in [-0.05, 0) is 48.9 Å². The van der Waals surface area contributed by atoms with Crippen LogP contribution in [-0.2, 0) is 12.8 Å². The Morgan fingerprint density at radius 2 is 2.35 bits per heavy atom. The number of nitrogens with zero attached hydrogens (tertiary/aromatic N) is 1. The van der Waals surface area contributed by atoms with E-state index in [1.54, 1.807) is 0 Å². The molecule has 1 aromatic heterocycles. The van der Waals surface area contributed by atoms with Crippen LogP contribution >= 0.6 is 15.9 Å². The van der Waals surface area contributed by atoms with Gasteiger partial charge in [0.2, 0.25) is 0 Å². The van der Waals surface area contributed by atoms with E-state index in [0.29, 0.717) is 12.1 Å². The highest BCUT2D eigenvalue weighted by Gasteiger charge is 2.22. The minimum Gasteiger partial charge on any atom is -0.347 e. The summed E-state index contributed by atoms with van der Waals surface area (Å²) < 4.78 is 1.18. The van der Waals surface area contributed by atoms with Crippen LogP contribution in [0.2, 0.25) is 0 Å². The molecule has 3 rings (SSSR count). The van der Waals surface area contributed by atoms with E-state index in [0.717, 1.165) is 25.1 Å². The van der Waals surface area contributed by atoms with E-state index in [2.05, 4.69) is 56.3 Å². The number of fused-ring (bicyclic) bond motifs is 1. The Hall–Kier alpha value is -1.13. The Kier molecular flexibility index (Phi) is 4.22. The molecular formula is C16H20BrN3. The van der Waals surface area contributed by atoms with E-state index in [1.807, 2.05) is 12.4 Å². The molecule has 2 aromatic rings. The summed E-state index contributed by atoms with van der Waals surface area (Å²) in [7, 11) is 0. The summed E-state index contributed by atoms with van der Waals surface area (Å²) in [6.45, 7) is 2.20. The zero-order valence-electron chi connectivity index (χ0n) is 11.7. The third-order valence-corrected chi connectivity index (χ3v) is 4.58. The van der Waals surface area contributed by atoms with Gasteiger partial charge in [-0.15, -0.1) is 0 Å². The zero-order valence-corrected chi connectivity index (χ0v) is 13.3. The SMILES string of the molecule is CCC(NC1CCc2cc(Br)ccc2C1)c1ncc[nH]1. The molecule has 20 heavy (non-hydrogen) atoms. The molecule has 0 bridgehead atoms. The Morgan fingerprint density at radius 1 is 1.45 bits per heavy atom. The number of aromatic nitrogens is 2. The van der Waals surface area contributed by atoms with E-state index < -0.39 is 0 Å². The molecular weight excluding hydrogens is 314 g/mol. The maximum Gasteiger partial charge on any atom is 0.123 e. The summed E-state index contributed by atoms with van der Waals surface area (Å²) in [5.41, 5.74) is 2.97. The maximum atomic E-state index is 4.38. The Balaban J connectivity index is 1.69. The van der Waals surface area contributed by atoms with Gasteiger partial charge in [-0.25, -0.2) is 4.98 Å². The third-order valence-electron chi connectivity index (χ3n) is 4.09. The fraction of sp³-hybridized carbons (Fsp3) is 0.438. The summed E-state index contributed by atoms with van der Waals surface area (Å²) >= 11 is 3.56. The van der Waals surface area contributed by atoms with Gasteiger partial charge in [0.1, 0.15) is 5.82 Å². The molecule has 2 N–H and O–H groups in total. The molecule has 4 heteroatoms. The van der Waals surface area contributed by atoms with Crippen molar-refractivity contribution in [3.05, 3.63) is 52.0 Å². The summed E-state index contributed by atoms with van der Waals surface area (Å²) in [6.07, 6.45) is 8.24. The Bertz CT molecular complexity index is 565. The fourth-order valence-electron chi connectivity index (χ4n) is 3.01. The van der Waals surface area contributed by atoms with Gasteiger partial charge in [-0.1, -0.05) is 28.9 Å². The Labute approximate surface area is 128 Å². The first-order valence-corrected chi connectivity index (χ1v) is 8.08. The van der Waals surface area contributed by atoms with Crippen LogP contribution in [0.25, 0.3) is 0 Å². The van der Waals surface area contributed by atoms with Crippen molar-refractivity contribution in [1.82, 2.24) is 15.3 Å². The Morgan fingerprint density at radius 3 is 3.10 bits per heavy atom. The molecule has 0 radical (unpaired) electrons. The predicted molar refractivity (Wildman–Crippen MR) is 84.7 cm³/mol. The maximum absolute atomic E-state index is 4.38. The minimum absolute atomic E-state index is 0.326. The number of halogens is 1. The van der Waals surface area contributed by atoms with E-state index in [9.17, 15) is 0 Å².